The van der Waals surface area contributed by atoms with Gasteiger partial charge in [0.1, 0.15) is 0 Å². The highest BCUT2D eigenvalue weighted by atomic mass is 19.4. The van der Waals surface area contributed by atoms with Crippen LogP contribution in [0.15, 0.2) is 6.58 Å². The predicted octanol–water partition coefficient (Wildman–Crippen LogP) is 2.25. The van der Waals surface area contributed by atoms with Gasteiger partial charge >= 0.3 is 12.1 Å². The molecule has 88 valence electrons. The Hall–Kier alpha value is -1.79. The second-order valence-corrected chi connectivity index (χ2v) is 2.77. The van der Waals surface area contributed by atoms with E-state index in [0.717, 1.165) is 6.08 Å². The SMILES string of the molecule is C=Cc1[nH]c(C(=O)OCC)nc1C(F)(F)F. The fourth-order valence-corrected chi connectivity index (χ4v) is 1.05. The quantitative estimate of drug-likeness (QED) is 0.816. The molecule has 0 fully saturated rings. The summed E-state index contributed by atoms with van der Waals surface area (Å²) in [6.07, 6.45) is -3.69. The number of rotatable bonds is 3. The number of imidazole rings is 1. The molecule has 0 atom stereocenters. The van der Waals surface area contributed by atoms with Gasteiger partial charge in [-0.15, -0.1) is 0 Å². The van der Waals surface area contributed by atoms with Crippen LogP contribution in [0.5, 0.6) is 0 Å². The number of halogens is 3. The molecule has 0 unspecified atom stereocenters. The summed E-state index contributed by atoms with van der Waals surface area (Å²) >= 11 is 0. The molecule has 1 N–H and O–H groups in total. The van der Waals surface area contributed by atoms with E-state index in [2.05, 4.69) is 21.3 Å². The van der Waals surface area contributed by atoms with Gasteiger partial charge in [-0.1, -0.05) is 6.58 Å². The molecule has 0 spiro atoms. The Morgan fingerprint density at radius 1 is 1.62 bits per heavy atom. The Labute approximate surface area is 89.1 Å². The van der Waals surface area contributed by atoms with Crippen molar-refractivity contribution in [2.24, 2.45) is 0 Å². The summed E-state index contributed by atoms with van der Waals surface area (Å²) < 4.78 is 41.8. The maximum absolute atomic E-state index is 12.4. The minimum atomic E-state index is -4.63. The average Bonchev–Trinajstić information content (AvgIpc) is 2.61. The molecule has 0 saturated heterocycles. The summed E-state index contributed by atoms with van der Waals surface area (Å²) in [5.41, 5.74) is -1.53. The normalized spacial score (nSPS) is 11.2. The molecule has 16 heavy (non-hydrogen) atoms. The lowest BCUT2D eigenvalue weighted by atomic mass is 10.3. The third-order valence-electron chi connectivity index (χ3n) is 1.67. The van der Waals surface area contributed by atoms with Crippen LogP contribution in [-0.2, 0) is 10.9 Å². The minimum Gasteiger partial charge on any atom is -0.460 e. The molecule has 0 aromatic carbocycles. The Balaban J connectivity index is 3.13. The van der Waals surface area contributed by atoms with E-state index >= 15 is 0 Å². The van der Waals surface area contributed by atoms with Crippen LogP contribution in [-0.4, -0.2) is 22.5 Å². The van der Waals surface area contributed by atoms with Crippen LogP contribution < -0.4 is 0 Å². The van der Waals surface area contributed by atoms with Gasteiger partial charge in [0.15, 0.2) is 5.69 Å². The lowest BCUT2D eigenvalue weighted by molar-refractivity contribution is -0.141. The fraction of sp³-hybridized carbons (Fsp3) is 0.333. The Kier molecular flexibility index (Phi) is 3.36. The predicted molar refractivity (Wildman–Crippen MR) is 49.6 cm³/mol. The summed E-state index contributed by atoms with van der Waals surface area (Å²) in [5, 5.41) is 0. The van der Waals surface area contributed by atoms with Crippen LogP contribution in [0.1, 0.15) is 28.9 Å². The van der Waals surface area contributed by atoms with Gasteiger partial charge in [-0.3, -0.25) is 0 Å². The number of hydrogen-bond acceptors (Lipinski definition) is 3. The molecule has 4 nitrogen and oxygen atoms in total. The van der Waals surface area contributed by atoms with E-state index in [1.807, 2.05) is 0 Å². The van der Waals surface area contributed by atoms with Crippen LogP contribution in [0.2, 0.25) is 0 Å². The first-order valence-electron chi connectivity index (χ1n) is 4.37. The van der Waals surface area contributed by atoms with Crippen LogP contribution in [0.25, 0.3) is 6.08 Å². The van der Waals surface area contributed by atoms with Crippen molar-refractivity contribution in [2.45, 2.75) is 13.1 Å². The lowest BCUT2D eigenvalue weighted by Gasteiger charge is -2.02. The van der Waals surface area contributed by atoms with Crippen molar-refractivity contribution in [1.82, 2.24) is 9.97 Å². The van der Waals surface area contributed by atoms with E-state index in [-0.39, 0.29) is 12.3 Å². The smallest absolute Gasteiger partial charge is 0.435 e. The molecule has 1 aromatic rings. The Morgan fingerprint density at radius 2 is 2.25 bits per heavy atom. The average molecular weight is 234 g/mol. The van der Waals surface area contributed by atoms with E-state index in [9.17, 15) is 18.0 Å². The van der Waals surface area contributed by atoms with Crippen molar-refractivity contribution in [1.29, 1.82) is 0 Å². The van der Waals surface area contributed by atoms with Gasteiger partial charge in [-0.2, -0.15) is 13.2 Å². The van der Waals surface area contributed by atoms with Crippen molar-refractivity contribution in [3.8, 4) is 0 Å². The summed E-state index contributed by atoms with van der Waals surface area (Å²) in [6, 6.07) is 0. The van der Waals surface area contributed by atoms with Crippen molar-refractivity contribution in [3.05, 3.63) is 23.8 Å². The highest BCUT2D eigenvalue weighted by Gasteiger charge is 2.37. The van der Waals surface area contributed by atoms with Crippen LogP contribution in [0.3, 0.4) is 0 Å². The molecule has 0 amide bonds. The summed E-state index contributed by atoms with van der Waals surface area (Å²) in [4.78, 5) is 16.5. The molecular formula is C9H9F3N2O2. The number of nitrogens with zero attached hydrogens (tertiary/aromatic N) is 1. The van der Waals surface area contributed by atoms with Gasteiger partial charge in [-0.25, -0.2) is 9.78 Å². The zero-order valence-corrected chi connectivity index (χ0v) is 8.39. The van der Waals surface area contributed by atoms with E-state index in [1.165, 1.54) is 0 Å². The van der Waals surface area contributed by atoms with Gasteiger partial charge in [-0.05, 0) is 13.0 Å². The van der Waals surface area contributed by atoms with Gasteiger partial charge < -0.3 is 9.72 Å². The molecule has 0 aliphatic heterocycles. The van der Waals surface area contributed by atoms with Gasteiger partial charge in [0.05, 0.1) is 12.3 Å². The highest BCUT2D eigenvalue weighted by Crippen LogP contribution is 2.30. The summed E-state index contributed by atoms with van der Waals surface area (Å²) in [5.74, 6) is -1.41. The first kappa shape index (κ1) is 12.3. The number of carbonyl (C=O) groups is 1. The Morgan fingerprint density at radius 3 is 2.62 bits per heavy atom. The third-order valence-corrected chi connectivity index (χ3v) is 1.67. The fourth-order valence-electron chi connectivity index (χ4n) is 1.05. The number of ether oxygens (including phenoxy) is 1. The summed E-state index contributed by atoms with van der Waals surface area (Å²) in [6.45, 7) is 4.80. The molecule has 0 saturated carbocycles. The molecule has 7 heteroatoms. The number of esters is 1. The molecular weight excluding hydrogens is 225 g/mol. The number of H-pyrrole nitrogens is 1. The molecule has 0 aliphatic rings. The molecule has 1 aromatic heterocycles. The largest absolute Gasteiger partial charge is 0.460 e. The van der Waals surface area contributed by atoms with Crippen molar-refractivity contribution in [3.63, 3.8) is 0 Å². The molecule has 0 bridgehead atoms. The second kappa shape index (κ2) is 4.38. The number of alkyl halides is 3. The standard InChI is InChI=1S/C9H9F3N2O2/c1-3-5-6(9(10,11)12)14-7(13-5)8(15)16-4-2/h3H,1,4H2,2H3,(H,13,14). The number of aromatic nitrogens is 2. The van der Waals surface area contributed by atoms with Crippen LogP contribution in [0, 0.1) is 0 Å². The van der Waals surface area contributed by atoms with Crippen molar-refractivity contribution >= 4 is 12.0 Å². The number of aromatic amines is 1. The van der Waals surface area contributed by atoms with Crippen LogP contribution in [0.4, 0.5) is 13.2 Å². The van der Waals surface area contributed by atoms with E-state index < -0.39 is 23.7 Å². The van der Waals surface area contributed by atoms with Crippen molar-refractivity contribution < 1.29 is 22.7 Å². The number of nitrogens with one attached hydrogen (secondary N) is 1. The van der Waals surface area contributed by atoms with E-state index in [4.69, 9.17) is 0 Å². The maximum Gasteiger partial charge on any atom is 0.435 e. The molecule has 0 aliphatic carbocycles. The first-order valence-corrected chi connectivity index (χ1v) is 4.37. The second-order valence-electron chi connectivity index (χ2n) is 2.77. The van der Waals surface area contributed by atoms with Crippen LogP contribution >= 0.6 is 0 Å². The topological polar surface area (TPSA) is 55.0 Å². The summed E-state index contributed by atoms with van der Waals surface area (Å²) in [7, 11) is 0. The zero-order chi connectivity index (χ0) is 12.3. The zero-order valence-electron chi connectivity index (χ0n) is 8.39. The van der Waals surface area contributed by atoms with E-state index in [1.54, 1.807) is 6.92 Å². The van der Waals surface area contributed by atoms with E-state index in [0.29, 0.717) is 0 Å². The highest BCUT2D eigenvalue weighted by molar-refractivity contribution is 5.85. The van der Waals surface area contributed by atoms with Gasteiger partial charge in [0.2, 0.25) is 5.82 Å². The third kappa shape index (κ3) is 2.41. The van der Waals surface area contributed by atoms with Gasteiger partial charge in [0.25, 0.3) is 0 Å². The van der Waals surface area contributed by atoms with Crippen molar-refractivity contribution in [2.75, 3.05) is 6.61 Å². The number of hydrogen-bond donors (Lipinski definition) is 1. The molecule has 0 radical (unpaired) electrons. The molecule has 1 rings (SSSR count). The first-order chi connectivity index (χ1) is 7.40. The molecule has 1 heterocycles. The number of carbonyl (C=O) groups excluding carboxylic acids is 1. The minimum absolute atomic E-state index is 0.0598. The maximum atomic E-state index is 12.4. The lowest BCUT2D eigenvalue weighted by Crippen LogP contribution is -2.09. The Bertz CT molecular complexity index is 409. The van der Waals surface area contributed by atoms with Gasteiger partial charge in [0, 0.05) is 0 Å². The monoisotopic (exact) mass is 234 g/mol.